The second-order valence-electron chi connectivity index (χ2n) is 3.48. The summed E-state index contributed by atoms with van der Waals surface area (Å²) in [4.78, 5) is 0. The van der Waals surface area contributed by atoms with Gasteiger partial charge in [-0.2, -0.15) is 10.5 Å². The molecule has 0 aliphatic heterocycles. The molecule has 0 fully saturated rings. The van der Waals surface area contributed by atoms with Gasteiger partial charge in [-0.25, -0.2) is 0 Å². The van der Waals surface area contributed by atoms with Gasteiger partial charge < -0.3 is 9.84 Å². The highest BCUT2D eigenvalue weighted by atomic mass is 16.5. The third-order valence-corrected chi connectivity index (χ3v) is 1.99. The Kier molecular flexibility index (Phi) is 10.1. The molecule has 0 heterocycles. The quantitative estimate of drug-likeness (QED) is 0.865. The first-order chi connectivity index (χ1) is 8.78. The van der Waals surface area contributed by atoms with Crippen molar-refractivity contribution in [1.29, 1.82) is 10.5 Å². The van der Waals surface area contributed by atoms with E-state index in [4.69, 9.17) is 20.4 Å². The van der Waals surface area contributed by atoms with Crippen LogP contribution < -0.4 is 4.74 Å². The van der Waals surface area contributed by atoms with Gasteiger partial charge in [0.1, 0.15) is 18.3 Å². The van der Waals surface area contributed by atoms with Crippen molar-refractivity contribution in [2.24, 2.45) is 5.92 Å². The van der Waals surface area contributed by atoms with Crippen LogP contribution in [0.25, 0.3) is 0 Å². The van der Waals surface area contributed by atoms with Crippen molar-refractivity contribution in [2.75, 3.05) is 13.2 Å². The van der Waals surface area contributed by atoms with Crippen LogP contribution in [-0.2, 0) is 0 Å². The van der Waals surface area contributed by atoms with Crippen molar-refractivity contribution in [3.8, 4) is 17.9 Å². The molecule has 1 N–H and O–H groups in total. The molecule has 0 aliphatic carbocycles. The van der Waals surface area contributed by atoms with Gasteiger partial charge in [0.25, 0.3) is 0 Å². The molecule has 0 radical (unpaired) electrons. The molecule has 18 heavy (non-hydrogen) atoms. The smallest absolute Gasteiger partial charge is 0.133 e. The Hall–Kier alpha value is -2.04. The molecular formula is C14H18N2O2. The molecule has 0 saturated heterocycles. The van der Waals surface area contributed by atoms with Crippen molar-refractivity contribution in [2.45, 2.75) is 19.8 Å². The Morgan fingerprint density at radius 1 is 1.22 bits per heavy atom. The molecule has 0 atom stereocenters. The number of benzene rings is 1. The minimum atomic E-state index is -0.389. The van der Waals surface area contributed by atoms with Crippen LogP contribution in [0, 0.1) is 28.6 Å². The van der Waals surface area contributed by atoms with Gasteiger partial charge >= 0.3 is 0 Å². The molecule has 0 unspecified atom stereocenters. The van der Waals surface area contributed by atoms with Crippen LogP contribution in [0.2, 0.25) is 0 Å². The number of nitriles is 2. The van der Waals surface area contributed by atoms with Crippen LogP contribution in [0.5, 0.6) is 5.75 Å². The fourth-order valence-corrected chi connectivity index (χ4v) is 1.13. The summed E-state index contributed by atoms with van der Waals surface area (Å²) in [7, 11) is 0. The zero-order valence-corrected chi connectivity index (χ0v) is 10.5. The summed E-state index contributed by atoms with van der Waals surface area (Å²) in [6.45, 7) is 2.39. The number of para-hydroxylation sites is 1. The zero-order chi connectivity index (χ0) is 13.6. The lowest BCUT2D eigenvalue weighted by Gasteiger charge is -2.01. The summed E-state index contributed by atoms with van der Waals surface area (Å²) in [6.07, 6.45) is 1.61. The molecule has 0 amide bonds. The molecule has 1 aromatic rings. The van der Waals surface area contributed by atoms with Crippen LogP contribution in [0.15, 0.2) is 30.3 Å². The Morgan fingerprint density at radius 2 is 1.83 bits per heavy atom. The van der Waals surface area contributed by atoms with E-state index in [0.717, 1.165) is 12.2 Å². The van der Waals surface area contributed by atoms with Gasteiger partial charge in [0.15, 0.2) is 0 Å². The summed E-state index contributed by atoms with van der Waals surface area (Å²) in [5.41, 5.74) is 0. The van der Waals surface area contributed by atoms with E-state index in [-0.39, 0.29) is 12.5 Å². The van der Waals surface area contributed by atoms with E-state index in [1.165, 1.54) is 0 Å². The molecule has 0 spiro atoms. The lowest BCUT2D eigenvalue weighted by Crippen LogP contribution is -2.00. The van der Waals surface area contributed by atoms with Gasteiger partial charge in [-0.1, -0.05) is 31.5 Å². The van der Waals surface area contributed by atoms with Crippen LogP contribution in [0.1, 0.15) is 19.8 Å². The summed E-state index contributed by atoms with van der Waals surface area (Å²) >= 11 is 0. The standard InChI is InChI=1S/C8H10O2.C6H8N2/c9-6-7-10-8-4-2-1-3-5-8;1-2-3-6(4-7)5-8/h1-5,9H,6-7H2;6H,2-3H2,1H3. The fraction of sp³-hybridized carbons (Fsp3) is 0.429. The topological polar surface area (TPSA) is 77.0 Å². The number of hydrogen-bond acceptors (Lipinski definition) is 4. The third kappa shape index (κ3) is 8.15. The second kappa shape index (κ2) is 11.4. The maximum atomic E-state index is 8.40. The van der Waals surface area contributed by atoms with Gasteiger partial charge in [-0.05, 0) is 18.6 Å². The fourth-order valence-electron chi connectivity index (χ4n) is 1.13. The highest BCUT2D eigenvalue weighted by molar-refractivity contribution is 5.20. The van der Waals surface area contributed by atoms with Crippen molar-refractivity contribution >= 4 is 0 Å². The molecule has 0 bridgehead atoms. The Balaban J connectivity index is 0.000000331. The van der Waals surface area contributed by atoms with E-state index in [1.54, 1.807) is 0 Å². The summed E-state index contributed by atoms with van der Waals surface area (Å²) in [5.74, 6) is 0.413. The number of nitrogens with zero attached hydrogens (tertiary/aromatic N) is 2. The number of hydrogen-bond donors (Lipinski definition) is 1. The largest absolute Gasteiger partial charge is 0.491 e. The maximum absolute atomic E-state index is 8.40. The molecule has 1 aromatic carbocycles. The van der Waals surface area contributed by atoms with E-state index in [9.17, 15) is 0 Å². The van der Waals surface area contributed by atoms with Crippen LogP contribution in [-0.4, -0.2) is 18.3 Å². The predicted octanol–water partition coefficient (Wildman–Crippen LogP) is 2.51. The normalized spacial score (nSPS) is 8.72. The minimum absolute atomic E-state index is 0.0644. The van der Waals surface area contributed by atoms with Crippen molar-refractivity contribution in [3.05, 3.63) is 30.3 Å². The molecule has 0 saturated carbocycles. The van der Waals surface area contributed by atoms with Crippen molar-refractivity contribution in [1.82, 2.24) is 0 Å². The van der Waals surface area contributed by atoms with E-state index in [0.29, 0.717) is 13.0 Å². The lowest BCUT2D eigenvalue weighted by atomic mass is 10.1. The molecule has 0 aliphatic rings. The first kappa shape index (κ1) is 16.0. The maximum Gasteiger partial charge on any atom is 0.133 e. The number of aliphatic hydroxyl groups excluding tert-OH is 1. The van der Waals surface area contributed by atoms with Crippen molar-refractivity contribution in [3.63, 3.8) is 0 Å². The minimum Gasteiger partial charge on any atom is -0.491 e. The lowest BCUT2D eigenvalue weighted by molar-refractivity contribution is 0.201. The zero-order valence-electron chi connectivity index (χ0n) is 10.5. The third-order valence-electron chi connectivity index (χ3n) is 1.99. The van der Waals surface area contributed by atoms with Crippen LogP contribution >= 0.6 is 0 Å². The molecule has 4 heteroatoms. The summed E-state index contributed by atoms with van der Waals surface area (Å²) in [5, 5.41) is 24.8. The first-order valence-electron chi connectivity index (χ1n) is 5.86. The van der Waals surface area contributed by atoms with Crippen molar-refractivity contribution < 1.29 is 9.84 Å². The van der Waals surface area contributed by atoms with E-state index >= 15 is 0 Å². The predicted molar refractivity (Wildman–Crippen MR) is 68.6 cm³/mol. The van der Waals surface area contributed by atoms with Crippen LogP contribution in [0.4, 0.5) is 0 Å². The molecule has 1 rings (SSSR count). The van der Waals surface area contributed by atoms with Gasteiger partial charge in [0.2, 0.25) is 0 Å². The van der Waals surface area contributed by atoms with Crippen LogP contribution in [0.3, 0.4) is 0 Å². The average molecular weight is 246 g/mol. The summed E-state index contributed by atoms with van der Waals surface area (Å²) < 4.78 is 5.11. The van der Waals surface area contributed by atoms with Gasteiger partial charge in [0.05, 0.1) is 18.7 Å². The Bertz CT molecular complexity index is 365. The molecular weight excluding hydrogens is 228 g/mol. The van der Waals surface area contributed by atoms with E-state index in [2.05, 4.69) is 0 Å². The van der Waals surface area contributed by atoms with Gasteiger partial charge in [0, 0.05) is 0 Å². The van der Waals surface area contributed by atoms with E-state index in [1.807, 2.05) is 49.4 Å². The average Bonchev–Trinajstić information content (AvgIpc) is 2.44. The highest BCUT2D eigenvalue weighted by Gasteiger charge is 2.00. The number of aliphatic hydroxyl groups is 1. The monoisotopic (exact) mass is 246 g/mol. The summed E-state index contributed by atoms with van der Waals surface area (Å²) in [6, 6.07) is 13.2. The molecule has 4 nitrogen and oxygen atoms in total. The molecule has 0 aromatic heterocycles. The second-order valence-corrected chi connectivity index (χ2v) is 3.48. The van der Waals surface area contributed by atoms with Gasteiger partial charge in [-0.3, -0.25) is 0 Å². The Morgan fingerprint density at radius 3 is 2.22 bits per heavy atom. The van der Waals surface area contributed by atoms with Gasteiger partial charge in [-0.15, -0.1) is 0 Å². The Labute approximate surface area is 108 Å². The first-order valence-corrected chi connectivity index (χ1v) is 5.86. The van der Waals surface area contributed by atoms with E-state index < -0.39 is 0 Å². The number of ether oxygens (including phenoxy) is 1. The highest BCUT2D eigenvalue weighted by Crippen LogP contribution is 2.07. The SMILES string of the molecule is CCCC(C#N)C#N.OCCOc1ccccc1. The molecule has 96 valence electrons. The number of rotatable bonds is 5.